The van der Waals surface area contributed by atoms with Gasteiger partial charge in [-0.1, -0.05) is 0 Å². The third kappa shape index (κ3) is 1.65. The monoisotopic (exact) mass is 257 g/mol. The predicted molar refractivity (Wildman–Crippen MR) is 69.9 cm³/mol. The number of fused-ring (bicyclic) bond motifs is 1. The molecule has 4 rings (SSSR count). The molecule has 0 bridgehead atoms. The lowest BCUT2D eigenvalue weighted by molar-refractivity contribution is -0.103. The van der Waals surface area contributed by atoms with Crippen molar-refractivity contribution in [2.45, 2.75) is 6.42 Å². The van der Waals surface area contributed by atoms with Gasteiger partial charge >= 0.3 is 0 Å². The van der Waals surface area contributed by atoms with Crippen molar-refractivity contribution in [2.75, 3.05) is 26.3 Å². The van der Waals surface area contributed by atoms with E-state index in [2.05, 4.69) is 10.2 Å². The zero-order valence-electron chi connectivity index (χ0n) is 10.6. The summed E-state index contributed by atoms with van der Waals surface area (Å²) < 4.78 is 5.29. The number of rotatable bonds is 1. The number of ether oxygens (including phenoxy) is 1. The fourth-order valence-corrected chi connectivity index (χ4v) is 2.99. The van der Waals surface area contributed by atoms with Crippen molar-refractivity contribution in [3.05, 3.63) is 30.0 Å². The van der Waals surface area contributed by atoms with Crippen LogP contribution >= 0.6 is 0 Å². The summed E-state index contributed by atoms with van der Waals surface area (Å²) >= 11 is 0. The highest BCUT2D eigenvalue weighted by Gasteiger charge is 2.45. The largest absolute Gasteiger partial charge is 0.380 e. The van der Waals surface area contributed by atoms with E-state index in [4.69, 9.17) is 4.74 Å². The van der Waals surface area contributed by atoms with Crippen molar-refractivity contribution in [2.24, 2.45) is 5.41 Å². The Bertz CT molecular complexity index is 645. The van der Waals surface area contributed by atoms with E-state index in [0.717, 1.165) is 49.2 Å². The Morgan fingerprint density at radius 3 is 3.05 bits per heavy atom. The second-order valence-corrected chi connectivity index (χ2v) is 5.64. The van der Waals surface area contributed by atoms with Gasteiger partial charge in [0.25, 0.3) is 5.91 Å². The Kier molecular flexibility index (Phi) is 2.20. The first-order valence-electron chi connectivity index (χ1n) is 6.56. The highest BCUT2D eigenvalue weighted by atomic mass is 16.5. The van der Waals surface area contributed by atoms with Crippen molar-refractivity contribution in [3.8, 4) is 0 Å². The summed E-state index contributed by atoms with van der Waals surface area (Å²) in [5.74, 6) is 0.117. The van der Waals surface area contributed by atoms with Gasteiger partial charge in [0.05, 0.1) is 24.9 Å². The highest BCUT2D eigenvalue weighted by Crippen LogP contribution is 2.37. The minimum Gasteiger partial charge on any atom is -0.380 e. The maximum absolute atomic E-state index is 12.5. The summed E-state index contributed by atoms with van der Waals surface area (Å²) in [5.41, 5.74) is 1.95. The van der Waals surface area contributed by atoms with Crippen molar-refractivity contribution in [1.29, 1.82) is 0 Å². The summed E-state index contributed by atoms with van der Waals surface area (Å²) in [6, 6.07) is 5.68. The lowest BCUT2D eigenvalue weighted by Gasteiger charge is -2.37. The van der Waals surface area contributed by atoms with Gasteiger partial charge in [0.15, 0.2) is 0 Å². The number of hydrogen-bond donors (Lipinski definition) is 1. The van der Waals surface area contributed by atoms with Gasteiger partial charge in [0, 0.05) is 29.5 Å². The fraction of sp³-hybridized carbons (Fsp3) is 0.429. The minimum atomic E-state index is 0.117. The van der Waals surface area contributed by atoms with Crippen LogP contribution in [0.15, 0.2) is 24.4 Å². The second-order valence-electron chi connectivity index (χ2n) is 5.64. The molecule has 0 radical (unpaired) electrons. The summed E-state index contributed by atoms with van der Waals surface area (Å²) in [6.07, 6.45) is 2.81. The second kappa shape index (κ2) is 3.81. The summed E-state index contributed by atoms with van der Waals surface area (Å²) in [5, 5.41) is 7.85. The average molecular weight is 257 g/mol. The molecule has 1 spiro atoms. The molecule has 5 nitrogen and oxygen atoms in total. The van der Waals surface area contributed by atoms with Crippen LogP contribution in [0.4, 0.5) is 0 Å². The van der Waals surface area contributed by atoms with E-state index < -0.39 is 0 Å². The van der Waals surface area contributed by atoms with Crippen LogP contribution in [0.3, 0.4) is 0 Å². The smallest absolute Gasteiger partial charge is 0.253 e. The number of amides is 1. The van der Waals surface area contributed by atoms with Gasteiger partial charge < -0.3 is 9.64 Å². The quantitative estimate of drug-likeness (QED) is 0.840. The molecule has 2 saturated heterocycles. The van der Waals surface area contributed by atoms with Crippen LogP contribution in [0.25, 0.3) is 10.9 Å². The number of H-pyrrole nitrogens is 1. The van der Waals surface area contributed by atoms with E-state index in [1.165, 1.54) is 0 Å². The maximum Gasteiger partial charge on any atom is 0.253 e. The van der Waals surface area contributed by atoms with Gasteiger partial charge in [-0.3, -0.25) is 9.89 Å². The zero-order chi connectivity index (χ0) is 12.9. The SMILES string of the molecule is O=C(c1ccc2[nH]ncc2c1)N1CCC2(COC2)C1. The normalized spacial score (nSPS) is 20.9. The summed E-state index contributed by atoms with van der Waals surface area (Å²) in [4.78, 5) is 14.4. The number of nitrogens with one attached hydrogen (secondary N) is 1. The third-order valence-electron chi connectivity index (χ3n) is 4.23. The zero-order valence-corrected chi connectivity index (χ0v) is 10.6. The lowest BCUT2D eigenvalue weighted by atomic mass is 9.85. The molecule has 2 aromatic rings. The summed E-state index contributed by atoms with van der Waals surface area (Å²) in [7, 11) is 0. The summed E-state index contributed by atoms with van der Waals surface area (Å²) in [6.45, 7) is 3.27. The van der Waals surface area contributed by atoms with Crippen molar-refractivity contribution < 1.29 is 9.53 Å². The lowest BCUT2D eigenvalue weighted by Crippen LogP contribution is -2.45. The Morgan fingerprint density at radius 1 is 1.42 bits per heavy atom. The molecule has 3 heterocycles. The number of aromatic nitrogens is 2. The molecule has 0 saturated carbocycles. The Hall–Kier alpha value is -1.88. The van der Waals surface area contributed by atoms with Gasteiger partial charge in [-0.2, -0.15) is 5.10 Å². The molecule has 0 atom stereocenters. The topological polar surface area (TPSA) is 58.2 Å². The van der Waals surface area contributed by atoms with Crippen molar-refractivity contribution in [3.63, 3.8) is 0 Å². The molecule has 2 aliphatic rings. The molecule has 1 N–H and O–H groups in total. The van der Waals surface area contributed by atoms with E-state index in [1.54, 1.807) is 6.20 Å². The Balaban J connectivity index is 1.59. The van der Waals surface area contributed by atoms with Crippen LogP contribution in [0.2, 0.25) is 0 Å². The van der Waals surface area contributed by atoms with Crippen LogP contribution in [0.1, 0.15) is 16.8 Å². The number of hydrogen-bond acceptors (Lipinski definition) is 3. The van der Waals surface area contributed by atoms with E-state index >= 15 is 0 Å². The first kappa shape index (κ1) is 11.0. The number of carbonyl (C=O) groups is 1. The number of likely N-dealkylation sites (tertiary alicyclic amines) is 1. The molecule has 98 valence electrons. The first-order chi connectivity index (χ1) is 9.26. The Labute approximate surface area is 110 Å². The van der Waals surface area contributed by atoms with Gasteiger partial charge in [-0.25, -0.2) is 0 Å². The van der Waals surface area contributed by atoms with Gasteiger partial charge in [-0.15, -0.1) is 0 Å². The molecule has 5 heteroatoms. The van der Waals surface area contributed by atoms with Gasteiger partial charge in [0.1, 0.15) is 0 Å². The molecule has 0 aliphatic carbocycles. The standard InChI is InChI=1S/C14H15N3O2/c18-13(17-4-3-14(7-17)8-19-9-14)10-1-2-12-11(5-10)6-15-16-12/h1-2,5-6H,3-4,7-9H2,(H,15,16). The number of carbonyl (C=O) groups excluding carboxylic acids is 1. The van der Waals surface area contributed by atoms with E-state index in [9.17, 15) is 4.79 Å². The first-order valence-corrected chi connectivity index (χ1v) is 6.56. The molecule has 1 aromatic heterocycles. The molecule has 2 aliphatic heterocycles. The van der Waals surface area contributed by atoms with Crippen LogP contribution in [0, 0.1) is 5.41 Å². The van der Waals surface area contributed by atoms with Gasteiger partial charge in [0.2, 0.25) is 0 Å². The van der Waals surface area contributed by atoms with E-state index in [1.807, 2.05) is 23.1 Å². The third-order valence-corrected chi connectivity index (χ3v) is 4.23. The van der Waals surface area contributed by atoms with Crippen molar-refractivity contribution in [1.82, 2.24) is 15.1 Å². The van der Waals surface area contributed by atoms with Crippen LogP contribution in [0.5, 0.6) is 0 Å². The molecular formula is C14H15N3O2. The fourth-order valence-electron chi connectivity index (χ4n) is 2.99. The Morgan fingerprint density at radius 2 is 2.32 bits per heavy atom. The van der Waals surface area contributed by atoms with E-state index in [0.29, 0.717) is 0 Å². The highest BCUT2D eigenvalue weighted by molar-refractivity contribution is 5.98. The van der Waals surface area contributed by atoms with Crippen LogP contribution in [-0.2, 0) is 4.74 Å². The maximum atomic E-state index is 12.5. The molecule has 1 aromatic carbocycles. The van der Waals surface area contributed by atoms with E-state index in [-0.39, 0.29) is 11.3 Å². The number of nitrogens with zero attached hydrogens (tertiary/aromatic N) is 2. The number of aromatic amines is 1. The van der Waals surface area contributed by atoms with Crippen molar-refractivity contribution >= 4 is 16.8 Å². The van der Waals surface area contributed by atoms with Crippen LogP contribution in [-0.4, -0.2) is 47.3 Å². The number of benzene rings is 1. The van der Waals surface area contributed by atoms with Gasteiger partial charge in [-0.05, 0) is 24.6 Å². The molecule has 19 heavy (non-hydrogen) atoms. The molecule has 2 fully saturated rings. The predicted octanol–water partition coefficient (Wildman–Crippen LogP) is 1.43. The minimum absolute atomic E-state index is 0.117. The van der Waals surface area contributed by atoms with Crippen LogP contribution < -0.4 is 0 Å². The molecular weight excluding hydrogens is 242 g/mol. The molecule has 0 unspecified atom stereocenters. The molecule has 1 amide bonds. The average Bonchev–Trinajstić information content (AvgIpc) is 3.03.